The van der Waals surface area contributed by atoms with E-state index >= 15 is 0 Å². The minimum atomic E-state index is -4.18. The summed E-state index contributed by atoms with van der Waals surface area (Å²) < 4.78 is 63.7. The number of hydrogen-bond donors (Lipinski definition) is 1. The van der Waals surface area contributed by atoms with Crippen LogP contribution in [0, 0.1) is 0 Å². The summed E-state index contributed by atoms with van der Waals surface area (Å²) in [4.78, 5) is 27.6. The zero-order valence-corrected chi connectivity index (χ0v) is 22.4. The third-order valence-electron chi connectivity index (χ3n) is 6.87. The van der Waals surface area contributed by atoms with Crippen molar-refractivity contribution in [1.29, 1.82) is 0 Å². The molecule has 12 heteroatoms. The predicted molar refractivity (Wildman–Crippen MR) is 140 cm³/mol. The van der Waals surface area contributed by atoms with Crippen LogP contribution in [0.4, 0.5) is 0 Å². The van der Waals surface area contributed by atoms with Crippen LogP contribution in [-0.4, -0.2) is 71.9 Å². The molecule has 3 aromatic rings. The Morgan fingerprint density at radius 1 is 0.974 bits per heavy atom. The van der Waals surface area contributed by atoms with E-state index in [0.29, 0.717) is 16.5 Å². The molecule has 2 heterocycles. The summed E-state index contributed by atoms with van der Waals surface area (Å²) in [5.74, 6) is -0.849. The topological polar surface area (TPSA) is 136 Å². The van der Waals surface area contributed by atoms with E-state index in [4.69, 9.17) is 9.47 Å². The lowest BCUT2D eigenvalue weighted by Gasteiger charge is -2.27. The van der Waals surface area contributed by atoms with Crippen LogP contribution in [0.25, 0.3) is 10.8 Å². The van der Waals surface area contributed by atoms with Crippen molar-refractivity contribution in [3.63, 3.8) is 0 Å². The summed E-state index contributed by atoms with van der Waals surface area (Å²) in [5.41, 5.74) is 1.10. The number of nitrogens with zero attached hydrogens (tertiary/aromatic N) is 1. The number of carbonyl (C=O) groups excluding carboxylic acids is 2. The molecule has 1 fully saturated rings. The molecule has 0 saturated carbocycles. The van der Waals surface area contributed by atoms with Crippen LogP contribution in [0.5, 0.6) is 11.5 Å². The molecule has 10 nitrogen and oxygen atoms in total. The second-order valence-corrected chi connectivity index (χ2v) is 13.2. The normalized spacial score (nSPS) is 18.7. The zero-order valence-electron chi connectivity index (χ0n) is 20.8. The molecule has 0 bridgehead atoms. The first-order valence-corrected chi connectivity index (χ1v) is 15.2. The van der Waals surface area contributed by atoms with Crippen molar-refractivity contribution >= 4 is 42.4 Å². The molecule has 200 valence electrons. The largest absolute Gasteiger partial charge is 0.493 e. The first-order valence-electron chi connectivity index (χ1n) is 11.9. The second kappa shape index (κ2) is 9.68. The molecule has 1 atom stereocenters. The third-order valence-corrected chi connectivity index (χ3v) is 10.2. The summed E-state index contributed by atoms with van der Waals surface area (Å²) in [6, 6.07) is 12.5. The van der Waals surface area contributed by atoms with Gasteiger partial charge in [-0.1, -0.05) is 24.3 Å². The van der Waals surface area contributed by atoms with Crippen molar-refractivity contribution in [2.24, 2.45) is 0 Å². The Hall–Kier alpha value is -3.48. The van der Waals surface area contributed by atoms with Gasteiger partial charge in [-0.15, -0.1) is 0 Å². The Balaban J connectivity index is 1.48. The van der Waals surface area contributed by atoms with Gasteiger partial charge in [-0.3, -0.25) is 14.5 Å². The van der Waals surface area contributed by atoms with E-state index < -0.39 is 37.7 Å². The summed E-state index contributed by atoms with van der Waals surface area (Å²) in [6.45, 7) is -0.0851. The lowest BCUT2D eigenvalue weighted by Crippen LogP contribution is -2.41. The van der Waals surface area contributed by atoms with E-state index in [-0.39, 0.29) is 52.9 Å². The molecular formula is C26H26N2O8S2. The smallest absolute Gasteiger partial charge is 0.261 e. The van der Waals surface area contributed by atoms with E-state index in [1.165, 1.54) is 26.4 Å². The SMILES string of the molecule is COc1cc(CCN2C(=O)c3cccc4cccc(c34)C2=O)c(S(=O)(=O)N[C@@H]2CCS(=O)(=O)C2)cc1OC. The number of amides is 2. The van der Waals surface area contributed by atoms with Crippen molar-refractivity contribution in [2.75, 3.05) is 32.3 Å². The first kappa shape index (κ1) is 26.1. The molecule has 38 heavy (non-hydrogen) atoms. The number of carbonyl (C=O) groups is 2. The van der Waals surface area contributed by atoms with Crippen LogP contribution in [-0.2, 0) is 26.3 Å². The maximum atomic E-state index is 13.4. The van der Waals surface area contributed by atoms with Gasteiger partial charge in [0.15, 0.2) is 21.3 Å². The Bertz CT molecular complexity index is 1630. The quantitative estimate of drug-likeness (QED) is 0.416. The summed E-state index contributed by atoms with van der Waals surface area (Å²) >= 11 is 0. The molecule has 1 saturated heterocycles. The summed E-state index contributed by atoms with van der Waals surface area (Å²) in [5, 5.41) is 1.39. The third kappa shape index (κ3) is 4.63. The molecule has 0 unspecified atom stereocenters. The van der Waals surface area contributed by atoms with Gasteiger partial charge >= 0.3 is 0 Å². The van der Waals surface area contributed by atoms with Crippen molar-refractivity contribution in [3.05, 3.63) is 65.2 Å². The Labute approximate surface area is 220 Å². The number of hydrogen-bond acceptors (Lipinski definition) is 8. The fraction of sp³-hybridized carbons (Fsp3) is 0.308. The van der Waals surface area contributed by atoms with Crippen molar-refractivity contribution in [1.82, 2.24) is 9.62 Å². The van der Waals surface area contributed by atoms with Crippen LogP contribution in [0.1, 0.15) is 32.7 Å². The van der Waals surface area contributed by atoms with Gasteiger partial charge in [-0.05, 0) is 42.0 Å². The molecule has 2 aliphatic rings. The Morgan fingerprint density at radius 3 is 2.13 bits per heavy atom. The number of rotatable bonds is 8. The monoisotopic (exact) mass is 558 g/mol. The molecule has 0 aliphatic carbocycles. The van der Waals surface area contributed by atoms with Crippen molar-refractivity contribution < 1.29 is 35.9 Å². The van der Waals surface area contributed by atoms with E-state index in [1.807, 2.05) is 12.1 Å². The number of methoxy groups -OCH3 is 2. The summed E-state index contributed by atoms with van der Waals surface area (Å²) in [7, 11) is -4.72. The lowest BCUT2D eigenvalue weighted by molar-refractivity contribution is 0.0612. The van der Waals surface area contributed by atoms with Gasteiger partial charge in [0, 0.05) is 35.2 Å². The lowest BCUT2D eigenvalue weighted by atomic mass is 9.94. The second-order valence-electron chi connectivity index (χ2n) is 9.26. The van der Waals surface area contributed by atoms with Gasteiger partial charge in [0.05, 0.1) is 30.6 Å². The van der Waals surface area contributed by atoms with E-state index in [0.717, 1.165) is 10.3 Å². The number of benzene rings is 3. The van der Waals surface area contributed by atoms with Crippen LogP contribution < -0.4 is 14.2 Å². The zero-order chi connectivity index (χ0) is 27.2. The van der Waals surface area contributed by atoms with Gasteiger partial charge in [-0.2, -0.15) is 0 Å². The molecule has 0 aromatic heterocycles. The van der Waals surface area contributed by atoms with E-state index in [1.54, 1.807) is 24.3 Å². The Kier molecular flexibility index (Phi) is 6.66. The fourth-order valence-corrected chi connectivity index (χ4v) is 8.35. The molecule has 5 rings (SSSR count). The number of sulfonamides is 1. The van der Waals surface area contributed by atoms with Gasteiger partial charge in [0.25, 0.3) is 11.8 Å². The minimum absolute atomic E-state index is 0.00911. The molecule has 1 N–H and O–H groups in total. The van der Waals surface area contributed by atoms with Crippen LogP contribution in [0.3, 0.4) is 0 Å². The highest BCUT2D eigenvalue weighted by molar-refractivity contribution is 7.92. The highest BCUT2D eigenvalue weighted by atomic mass is 32.2. The molecule has 0 radical (unpaired) electrons. The highest BCUT2D eigenvalue weighted by Crippen LogP contribution is 2.35. The molecule has 3 aromatic carbocycles. The van der Waals surface area contributed by atoms with Gasteiger partial charge < -0.3 is 9.47 Å². The number of ether oxygens (including phenoxy) is 2. The van der Waals surface area contributed by atoms with Crippen LogP contribution in [0.15, 0.2) is 53.4 Å². The van der Waals surface area contributed by atoms with Crippen LogP contribution in [0.2, 0.25) is 0 Å². The molecule has 2 amide bonds. The van der Waals surface area contributed by atoms with E-state index in [9.17, 15) is 26.4 Å². The van der Waals surface area contributed by atoms with Gasteiger partial charge in [0.1, 0.15) is 0 Å². The van der Waals surface area contributed by atoms with Crippen molar-refractivity contribution in [3.8, 4) is 11.5 Å². The molecular weight excluding hydrogens is 532 g/mol. The average molecular weight is 559 g/mol. The first-order chi connectivity index (χ1) is 18.0. The molecule has 2 aliphatic heterocycles. The number of sulfone groups is 1. The maximum absolute atomic E-state index is 13.4. The number of imide groups is 1. The van der Waals surface area contributed by atoms with Crippen molar-refractivity contribution in [2.45, 2.75) is 23.8 Å². The van der Waals surface area contributed by atoms with E-state index in [2.05, 4.69) is 4.72 Å². The van der Waals surface area contributed by atoms with Crippen LogP contribution >= 0.6 is 0 Å². The molecule has 0 spiro atoms. The number of nitrogens with one attached hydrogen (secondary N) is 1. The predicted octanol–water partition coefficient (Wildman–Crippen LogP) is 2.16. The Morgan fingerprint density at radius 2 is 1.58 bits per heavy atom. The highest BCUT2D eigenvalue weighted by Gasteiger charge is 2.35. The summed E-state index contributed by atoms with van der Waals surface area (Å²) in [6.07, 6.45) is 0.182. The standard InChI is InChI=1S/C26H26N2O8S2/c1-35-21-13-17(23(14-22(21)36-2)38(33,34)27-18-10-12-37(31,32)15-18)9-11-28-25(29)19-7-3-5-16-6-4-8-20(24(16)19)26(28)30/h3-8,13-14,18,27H,9-12,15H2,1-2H3/t18-/m1/s1. The van der Waals surface area contributed by atoms with Gasteiger partial charge in [-0.25, -0.2) is 21.6 Å². The average Bonchev–Trinajstić information content (AvgIpc) is 3.23. The fourth-order valence-electron chi connectivity index (χ4n) is 5.03. The van der Waals surface area contributed by atoms with Gasteiger partial charge in [0.2, 0.25) is 10.0 Å². The minimum Gasteiger partial charge on any atom is -0.493 e. The maximum Gasteiger partial charge on any atom is 0.261 e.